The monoisotopic (exact) mass is 564 g/mol. The number of aliphatic hydroxyl groups excluding tert-OH is 2. The molecule has 2 unspecified atom stereocenters. The first-order valence-electron chi connectivity index (χ1n) is 17.5. The molecule has 0 heterocycles. The van der Waals surface area contributed by atoms with E-state index in [-0.39, 0.29) is 12.5 Å². The van der Waals surface area contributed by atoms with Crippen LogP contribution in [0.3, 0.4) is 0 Å². The molecule has 3 N–H and O–H groups in total. The molecule has 0 aliphatic carbocycles. The van der Waals surface area contributed by atoms with Gasteiger partial charge in [-0.25, -0.2) is 0 Å². The number of rotatable bonds is 31. The van der Waals surface area contributed by atoms with E-state index >= 15 is 0 Å². The van der Waals surface area contributed by atoms with Crippen LogP contribution >= 0.6 is 0 Å². The van der Waals surface area contributed by atoms with Crippen LogP contribution in [0.1, 0.15) is 181 Å². The van der Waals surface area contributed by atoms with Crippen molar-refractivity contribution in [1.82, 2.24) is 5.32 Å². The van der Waals surface area contributed by atoms with Crippen LogP contribution in [0.2, 0.25) is 0 Å². The summed E-state index contributed by atoms with van der Waals surface area (Å²) < 4.78 is 0. The van der Waals surface area contributed by atoms with Gasteiger partial charge in [0.1, 0.15) is 0 Å². The molecule has 0 aliphatic rings. The Morgan fingerprint density at radius 2 is 1.02 bits per heavy atom. The summed E-state index contributed by atoms with van der Waals surface area (Å²) in [5.41, 5.74) is 0. The van der Waals surface area contributed by atoms with E-state index < -0.39 is 12.1 Å². The molecule has 2 atom stereocenters. The Balaban J connectivity index is 3.61. The van der Waals surface area contributed by atoms with Gasteiger partial charge in [0.05, 0.1) is 18.8 Å². The second-order valence-corrected chi connectivity index (χ2v) is 11.9. The fourth-order valence-corrected chi connectivity index (χ4v) is 5.21. The summed E-state index contributed by atoms with van der Waals surface area (Å²) in [4.78, 5) is 12.3. The molecule has 0 bridgehead atoms. The molecular formula is C36H69NO3. The van der Waals surface area contributed by atoms with Gasteiger partial charge in [0.2, 0.25) is 5.91 Å². The number of nitrogens with one attached hydrogen (secondary N) is 1. The summed E-state index contributed by atoms with van der Waals surface area (Å²) in [5.74, 6) is -0.0471. The summed E-state index contributed by atoms with van der Waals surface area (Å²) in [7, 11) is 0. The van der Waals surface area contributed by atoms with Gasteiger partial charge in [0.25, 0.3) is 0 Å². The predicted octanol–water partition coefficient (Wildman–Crippen LogP) is 10.1. The third-order valence-electron chi connectivity index (χ3n) is 7.97. The van der Waals surface area contributed by atoms with Crippen LogP contribution in [0, 0.1) is 0 Å². The summed E-state index contributed by atoms with van der Waals surface area (Å²) in [6.07, 6.45) is 39.3. The van der Waals surface area contributed by atoms with Crippen molar-refractivity contribution in [2.75, 3.05) is 6.61 Å². The Morgan fingerprint density at radius 1 is 0.600 bits per heavy atom. The number of carbonyl (C=O) groups excluding carboxylic acids is 1. The van der Waals surface area contributed by atoms with Gasteiger partial charge in [0.15, 0.2) is 0 Å². The number of unbranched alkanes of at least 4 members (excludes halogenated alkanes) is 20. The van der Waals surface area contributed by atoms with E-state index in [0.717, 1.165) is 44.9 Å². The van der Waals surface area contributed by atoms with Crippen molar-refractivity contribution in [1.29, 1.82) is 0 Å². The highest BCUT2D eigenvalue weighted by Gasteiger charge is 2.19. The molecule has 0 aromatic carbocycles. The molecule has 40 heavy (non-hydrogen) atoms. The van der Waals surface area contributed by atoms with Crippen LogP contribution in [0.25, 0.3) is 0 Å². The lowest BCUT2D eigenvalue weighted by Crippen LogP contribution is -2.45. The average Bonchev–Trinajstić information content (AvgIpc) is 2.96. The zero-order valence-electron chi connectivity index (χ0n) is 26.9. The smallest absolute Gasteiger partial charge is 0.220 e. The maximum absolute atomic E-state index is 12.3. The topological polar surface area (TPSA) is 69.6 Å². The maximum atomic E-state index is 12.3. The van der Waals surface area contributed by atoms with Crippen LogP contribution in [-0.4, -0.2) is 34.9 Å². The molecule has 0 spiro atoms. The predicted molar refractivity (Wildman–Crippen MR) is 175 cm³/mol. The van der Waals surface area contributed by atoms with Crippen molar-refractivity contribution in [3.8, 4) is 0 Å². The number of allylic oxidation sites excluding steroid dienone is 4. The second-order valence-electron chi connectivity index (χ2n) is 11.9. The van der Waals surface area contributed by atoms with Gasteiger partial charge in [-0.15, -0.1) is 0 Å². The van der Waals surface area contributed by atoms with Gasteiger partial charge in [-0.1, -0.05) is 154 Å². The van der Waals surface area contributed by atoms with E-state index in [9.17, 15) is 15.0 Å². The van der Waals surface area contributed by atoms with E-state index in [1.165, 1.54) is 109 Å². The number of hydrogen-bond donors (Lipinski definition) is 3. The van der Waals surface area contributed by atoms with Crippen molar-refractivity contribution < 1.29 is 15.0 Å². The molecule has 1 amide bonds. The van der Waals surface area contributed by atoms with Crippen LogP contribution in [-0.2, 0) is 4.79 Å². The van der Waals surface area contributed by atoms with Crippen molar-refractivity contribution in [2.24, 2.45) is 0 Å². The zero-order valence-corrected chi connectivity index (χ0v) is 26.9. The molecule has 0 aliphatic heterocycles. The van der Waals surface area contributed by atoms with Gasteiger partial charge in [-0.3, -0.25) is 4.79 Å². The number of hydrogen-bond acceptors (Lipinski definition) is 3. The standard InChI is InChI=1S/C36H69NO3/c1-3-5-7-9-11-13-15-17-18-20-22-24-26-28-30-32-36(40)37-34(33-38)35(39)31-29-27-25-23-21-19-16-14-12-10-8-6-4-2/h11,13,17-18,34-35,38-39H,3-10,12,14-16,19-33H2,1-2H3,(H,37,40)/b13-11+,18-17+. The Hall–Kier alpha value is -1.13. The molecule has 0 rings (SSSR count). The molecule has 0 saturated heterocycles. The minimum Gasteiger partial charge on any atom is -0.394 e. The summed E-state index contributed by atoms with van der Waals surface area (Å²) in [5, 5.41) is 23.0. The van der Waals surface area contributed by atoms with Gasteiger partial charge in [-0.05, 0) is 44.9 Å². The van der Waals surface area contributed by atoms with Crippen LogP contribution < -0.4 is 5.32 Å². The van der Waals surface area contributed by atoms with E-state index in [4.69, 9.17) is 0 Å². The number of aliphatic hydroxyl groups is 2. The first-order valence-corrected chi connectivity index (χ1v) is 17.5. The van der Waals surface area contributed by atoms with Crippen LogP contribution in [0.5, 0.6) is 0 Å². The lowest BCUT2D eigenvalue weighted by Gasteiger charge is -2.22. The fraction of sp³-hybridized carbons (Fsp3) is 0.861. The second kappa shape index (κ2) is 32.4. The van der Waals surface area contributed by atoms with Crippen LogP contribution in [0.15, 0.2) is 24.3 Å². The number of carbonyl (C=O) groups is 1. The maximum Gasteiger partial charge on any atom is 0.220 e. The summed E-state index contributed by atoms with van der Waals surface area (Å²) in [6.45, 7) is 4.31. The van der Waals surface area contributed by atoms with Gasteiger partial charge in [0, 0.05) is 6.42 Å². The van der Waals surface area contributed by atoms with Gasteiger partial charge < -0.3 is 15.5 Å². The van der Waals surface area contributed by atoms with Crippen molar-refractivity contribution in [3.63, 3.8) is 0 Å². The lowest BCUT2D eigenvalue weighted by molar-refractivity contribution is -0.123. The van der Waals surface area contributed by atoms with E-state index in [0.29, 0.717) is 12.8 Å². The largest absolute Gasteiger partial charge is 0.394 e. The Morgan fingerprint density at radius 3 is 1.55 bits per heavy atom. The van der Waals surface area contributed by atoms with Gasteiger partial charge >= 0.3 is 0 Å². The highest BCUT2D eigenvalue weighted by molar-refractivity contribution is 5.76. The minimum absolute atomic E-state index is 0.0471. The minimum atomic E-state index is -0.661. The molecule has 236 valence electrons. The Kier molecular flexibility index (Phi) is 31.5. The molecule has 4 nitrogen and oxygen atoms in total. The average molecular weight is 564 g/mol. The molecule has 0 saturated carbocycles. The summed E-state index contributed by atoms with van der Waals surface area (Å²) >= 11 is 0. The third-order valence-corrected chi connectivity index (χ3v) is 7.97. The van der Waals surface area contributed by atoms with E-state index in [1.54, 1.807) is 0 Å². The third kappa shape index (κ3) is 28.4. The lowest BCUT2D eigenvalue weighted by atomic mass is 10.0. The Labute approximate surface area is 249 Å². The molecule has 0 aromatic rings. The van der Waals surface area contributed by atoms with Crippen LogP contribution in [0.4, 0.5) is 0 Å². The molecular weight excluding hydrogens is 494 g/mol. The first kappa shape index (κ1) is 38.9. The quantitative estimate of drug-likeness (QED) is 0.0580. The van der Waals surface area contributed by atoms with Crippen molar-refractivity contribution >= 4 is 5.91 Å². The first-order chi connectivity index (χ1) is 19.7. The van der Waals surface area contributed by atoms with Gasteiger partial charge in [-0.2, -0.15) is 0 Å². The van der Waals surface area contributed by atoms with Crippen molar-refractivity contribution in [2.45, 2.75) is 193 Å². The molecule has 4 heteroatoms. The SMILES string of the molecule is CCCCC/C=C/C/C=C/CCCCCCCC(=O)NC(CO)C(O)CCCCCCCCCCCCCCC. The molecule has 0 aromatic heterocycles. The zero-order chi connectivity index (χ0) is 29.4. The van der Waals surface area contributed by atoms with E-state index in [1.807, 2.05) is 0 Å². The summed E-state index contributed by atoms with van der Waals surface area (Å²) in [6, 6.07) is -0.539. The Bertz CT molecular complexity index is 574. The highest BCUT2D eigenvalue weighted by Crippen LogP contribution is 2.14. The van der Waals surface area contributed by atoms with Crippen molar-refractivity contribution in [3.05, 3.63) is 24.3 Å². The normalized spacial score (nSPS) is 13.4. The molecule has 0 radical (unpaired) electrons. The van der Waals surface area contributed by atoms with E-state index in [2.05, 4.69) is 43.5 Å². The highest BCUT2D eigenvalue weighted by atomic mass is 16.3. The molecule has 0 fully saturated rings. The fourth-order valence-electron chi connectivity index (χ4n) is 5.21. The number of amides is 1.